The van der Waals surface area contributed by atoms with E-state index in [1.165, 1.54) is 18.4 Å². The second-order valence-electron chi connectivity index (χ2n) is 8.67. The van der Waals surface area contributed by atoms with Crippen molar-refractivity contribution in [3.63, 3.8) is 0 Å². The monoisotopic (exact) mass is 336 g/mol. The Bertz CT molecular complexity index is 835. The number of hydrogen-bond acceptors (Lipinski definition) is 4. The highest BCUT2D eigenvalue weighted by molar-refractivity contribution is 5.82. The minimum Gasteiger partial charge on any atom is -0.469 e. The molecule has 2 aliphatic carbocycles. The van der Waals surface area contributed by atoms with Crippen LogP contribution >= 0.6 is 0 Å². The van der Waals surface area contributed by atoms with Crippen molar-refractivity contribution in [3.8, 4) is 0 Å². The molecular weight excluding hydrogens is 312 g/mol. The average Bonchev–Trinajstić information content (AvgIpc) is 3.29. The van der Waals surface area contributed by atoms with Crippen molar-refractivity contribution < 1.29 is 9.53 Å². The number of nitrogens with zero attached hydrogens (tertiary/aromatic N) is 1. The van der Waals surface area contributed by atoms with Crippen LogP contribution in [0.5, 0.6) is 0 Å². The van der Waals surface area contributed by atoms with E-state index in [1.807, 2.05) is 0 Å². The molecule has 0 radical (unpaired) electrons. The van der Waals surface area contributed by atoms with Gasteiger partial charge < -0.3 is 10.1 Å². The van der Waals surface area contributed by atoms with Crippen molar-refractivity contribution in [2.24, 2.45) is 17.3 Å². The molecule has 4 nitrogen and oxygen atoms in total. The molecule has 3 aliphatic heterocycles. The van der Waals surface area contributed by atoms with Crippen molar-refractivity contribution in [2.45, 2.75) is 36.8 Å². The summed E-state index contributed by atoms with van der Waals surface area (Å²) in [5.41, 5.74) is 2.53. The minimum atomic E-state index is -0.224. The van der Waals surface area contributed by atoms with E-state index in [2.05, 4.69) is 53.6 Å². The Balaban J connectivity index is 1.69. The molecule has 1 unspecified atom stereocenters. The fraction of sp³-hybridized carbons (Fsp3) is 0.571. The van der Waals surface area contributed by atoms with Crippen LogP contribution in [0.3, 0.4) is 0 Å². The minimum absolute atomic E-state index is 0.0187. The van der Waals surface area contributed by atoms with Crippen molar-refractivity contribution in [1.29, 1.82) is 0 Å². The fourth-order valence-electron chi connectivity index (χ4n) is 7.93. The molecule has 0 aromatic heterocycles. The van der Waals surface area contributed by atoms with Gasteiger partial charge in [0.25, 0.3) is 0 Å². The number of benzene rings is 1. The lowest BCUT2D eigenvalue weighted by atomic mass is 9.57. The Labute approximate surface area is 148 Å². The number of nitrogens with one attached hydrogen (secondary N) is 1. The number of hydrogen-bond donors (Lipinski definition) is 1. The zero-order chi connectivity index (χ0) is 17.0. The van der Waals surface area contributed by atoms with E-state index in [4.69, 9.17) is 4.74 Å². The van der Waals surface area contributed by atoms with E-state index < -0.39 is 0 Å². The SMILES string of the molecule is COC(=O)[C@@H]1C[C@@]23C=CCN4CC[C@@]5(c6ccccc6N[C@]15C2C)[C@@H]43. The van der Waals surface area contributed by atoms with Crippen LogP contribution in [-0.2, 0) is 14.9 Å². The lowest BCUT2D eigenvalue weighted by molar-refractivity contribution is -0.149. The highest BCUT2D eigenvalue weighted by Crippen LogP contribution is 2.78. The lowest BCUT2D eigenvalue weighted by Crippen LogP contribution is -2.63. The van der Waals surface area contributed by atoms with Crippen LogP contribution < -0.4 is 5.32 Å². The molecule has 25 heavy (non-hydrogen) atoms. The van der Waals surface area contributed by atoms with E-state index in [1.54, 1.807) is 0 Å². The summed E-state index contributed by atoms with van der Waals surface area (Å²) < 4.78 is 5.30. The first-order valence-corrected chi connectivity index (χ1v) is 9.49. The summed E-state index contributed by atoms with van der Waals surface area (Å²) in [5, 5.41) is 3.92. The molecule has 3 heterocycles. The van der Waals surface area contributed by atoms with Gasteiger partial charge in [0.1, 0.15) is 0 Å². The van der Waals surface area contributed by atoms with Gasteiger partial charge in [0, 0.05) is 29.1 Å². The van der Waals surface area contributed by atoms with Crippen LogP contribution in [0.4, 0.5) is 5.69 Å². The van der Waals surface area contributed by atoms with Crippen LogP contribution in [0.1, 0.15) is 25.3 Å². The number of fused-ring (bicyclic) bond motifs is 1. The zero-order valence-electron chi connectivity index (χ0n) is 14.8. The van der Waals surface area contributed by atoms with Gasteiger partial charge in [-0.3, -0.25) is 9.69 Å². The summed E-state index contributed by atoms with van der Waals surface area (Å²) in [6, 6.07) is 9.25. The molecule has 3 fully saturated rings. The molecule has 5 aliphatic rings. The molecule has 1 saturated heterocycles. The number of ether oxygens (including phenoxy) is 1. The molecule has 1 aromatic carbocycles. The van der Waals surface area contributed by atoms with Gasteiger partial charge in [-0.25, -0.2) is 0 Å². The van der Waals surface area contributed by atoms with Crippen LogP contribution in [-0.4, -0.2) is 42.6 Å². The molecule has 2 saturated carbocycles. The van der Waals surface area contributed by atoms with Crippen LogP contribution in [0.25, 0.3) is 0 Å². The maximum absolute atomic E-state index is 12.9. The van der Waals surface area contributed by atoms with Crippen LogP contribution in [0.2, 0.25) is 0 Å². The van der Waals surface area contributed by atoms with Gasteiger partial charge in [0.05, 0.1) is 18.6 Å². The van der Waals surface area contributed by atoms with E-state index in [0.717, 1.165) is 25.9 Å². The standard InChI is InChI=1S/C21H24N2O2/c1-13-19-8-5-10-23-11-9-20(18(19)23)14-6-3-4-7-16(14)22-21(13,20)15(12-19)17(24)25-2/h3-8,13,15,18,22H,9-12H2,1-2H3/t13?,15-,18-,19-,20+,21+/m0/s1. The number of para-hydroxylation sites is 1. The summed E-state index contributed by atoms with van der Waals surface area (Å²) >= 11 is 0. The van der Waals surface area contributed by atoms with E-state index >= 15 is 0 Å². The van der Waals surface area contributed by atoms with Gasteiger partial charge in [-0.05, 0) is 36.9 Å². The number of carbonyl (C=O) groups is 1. The number of esters is 1. The highest BCUT2D eigenvalue weighted by atomic mass is 16.5. The zero-order valence-corrected chi connectivity index (χ0v) is 14.8. The summed E-state index contributed by atoms with van der Waals surface area (Å²) in [6.45, 7) is 4.53. The van der Waals surface area contributed by atoms with Gasteiger partial charge in [-0.1, -0.05) is 37.3 Å². The molecular formula is C21H24N2O2. The van der Waals surface area contributed by atoms with Crippen LogP contribution in [0, 0.1) is 17.3 Å². The fourth-order valence-corrected chi connectivity index (χ4v) is 7.93. The largest absolute Gasteiger partial charge is 0.469 e. The smallest absolute Gasteiger partial charge is 0.311 e. The van der Waals surface area contributed by atoms with Gasteiger partial charge in [0.15, 0.2) is 0 Å². The molecule has 6 atom stereocenters. The van der Waals surface area contributed by atoms with Crippen molar-refractivity contribution in [2.75, 3.05) is 25.5 Å². The van der Waals surface area contributed by atoms with Gasteiger partial charge in [-0.2, -0.15) is 0 Å². The Morgan fingerprint density at radius 3 is 3.04 bits per heavy atom. The van der Waals surface area contributed by atoms with Gasteiger partial charge in [0.2, 0.25) is 0 Å². The lowest BCUT2D eigenvalue weighted by Gasteiger charge is -2.50. The maximum Gasteiger partial charge on any atom is 0.311 e. The molecule has 0 amide bonds. The number of anilines is 1. The maximum atomic E-state index is 12.9. The summed E-state index contributed by atoms with van der Waals surface area (Å²) in [5.74, 6) is 0.277. The second kappa shape index (κ2) is 4.12. The van der Waals surface area contributed by atoms with Crippen LogP contribution in [0.15, 0.2) is 36.4 Å². The van der Waals surface area contributed by atoms with Gasteiger partial charge in [-0.15, -0.1) is 0 Å². The molecule has 6 rings (SSSR count). The third kappa shape index (κ3) is 1.19. The molecule has 1 aromatic rings. The topological polar surface area (TPSA) is 41.6 Å². The summed E-state index contributed by atoms with van der Waals surface area (Å²) in [7, 11) is 1.54. The number of rotatable bonds is 1. The molecule has 4 heteroatoms. The summed E-state index contributed by atoms with van der Waals surface area (Å²) in [6.07, 6.45) is 6.83. The van der Waals surface area contributed by atoms with Crippen molar-refractivity contribution in [3.05, 3.63) is 42.0 Å². The summed E-state index contributed by atoms with van der Waals surface area (Å²) in [4.78, 5) is 15.6. The molecule has 2 bridgehead atoms. The predicted molar refractivity (Wildman–Crippen MR) is 95.3 cm³/mol. The van der Waals surface area contributed by atoms with E-state index in [-0.39, 0.29) is 28.3 Å². The third-order valence-electron chi connectivity index (χ3n) is 8.47. The van der Waals surface area contributed by atoms with E-state index in [0.29, 0.717) is 12.0 Å². The Hall–Kier alpha value is -1.81. The number of methoxy groups -OCH3 is 1. The van der Waals surface area contributed by atoms with Crippen molar-refractivity contribution in [1.82, 2.24) is 4.90 Å². The highest BCUT2D eigenvalue weighted by Gasteiger charge is 2.85. The van der Waals surface area contributed by atoms with Gasteiger partial charge >= 0.3 is 5.97 Å². The Morgan fingerprint density at radius 2 is 2.20 bits per heavy atom. The number of carbonyl (C=O) groups excluding carboxylic acids is 1. The normalized spacial score (nSPS) is 48.0. The molecule has 130 valence electrons. The molecule has 3 spiro atoms. The van der Waals surface area contributed by atoms with E-state index in [9.17, 15) is 4.79 Å². The first-order chi connectivity index (χ1) is 12.1. The average molecular weight is 336 g/mol. The van der Waals surface area contributed by atoms with Crippen molar-refractivity contribution >= 4 is 11.7 Å². The third-order valence-corrected chi connectivity index (χ3v) is 8.47. The first kappa shape index (κ1) is 14.4. The Morgan fingerprint density at radius 1 is 1.36 bits per heavy atom. The second-order valence-corrected chi connectivity index (χ2v) is 8.67. The quantitative estimate of drug-likeness (QED) is 0.632. The Kier molecular flexibility index (Phi) is 2.37. The molecule has 1 N–H and O–H groups in total. The predicted octanol–water partition coefficient (Wildman–Crippen LogP) is 2.56. The first-order valence-electron chi connectivity index (χ1n) is 9.49.